The van der Waals surface area contributed by atoms with E-state index < -0.39 is 6.10 Å². The van der Waals surface area contributed by atoms with Crippen molar-refractivity contribution in [1.29, 1.82) is 0 Å². The van der Waals surface area contributed by atoms with Gasteiger partial charge in [0, 0.05) is 19.6 Å². The zero-order valence-electron chi connectivity index (χ0n) is 14.9. The molecule has 2 aliphatic rings. The first kappa shape index (κ1) is 15.8. The molecule has 1 atom stereocenters. The van der Waals surface area contributed by atoms with Crippen LogP contribution in [0, 0.1) is 0 Å². The maximum atomic E-state index is 10.8. The van der Waals surface area contributed by atoms with Crippen molar-refractivity contribution < 1.29 is 5.11 Å². The molecule has 0 bridgehead atoms. The number of aliphatic hydroxyl groups excluding tert-OH is 1. The molecule has 1 heterocycles. The maximum Gasteiger partial charge on any atom is 0.0917 e. The van der Waals surface area contributed by atoms with Gasteiger partial charge in [-0.3, -0.25) is 4.90 Å². The van der Waals surface area contributed by atoms with Gasteiger partial charge in [-0.25, -0.2) is 0 Å². The summed E-state index contributed by atoms with van der Waals surface area (Å²) in [4.78, 5) is 2.37. The summed E-state index contributed by atoms with van der Waals surface area (Å²) in [7, 11) is 0. The first-order valence-electron chi connectivity index (χ1n) is 9.46. The van der Waals surface area contributed by atoms with E-state index in [0.717, 1.165) is 31.5 Å². The predicted molar refractivity (Wildman–Crippen MR) is 105 cm³/mol. The number of aliphatic hydroxyl groups is 1. The molecule has 5 rings (SSSR count). The van der Waals surface area contributed by atoms with E-state index in [-0.39, 0.29) is 0 Å². The molecule has 1 N–H and O–H groups in total. The van der Waals surface area contributed by atoms with Crippen LogP contribution in [0.25, 0.3) is 11.1 Å². The fourth-order valence-corrected chi connectivity index (χ4v) is 4.43. The Labute approximate surface area is 154 Å². The van der Waals surface area contributed by atoms with Crippen molar-refractivity contribution in [3.63, 3.8) is 0 Å². The van der Waals surface area contributed by atoms with Gasteiger partial charge < -0.3 is 5.11 Å². The van der Waals surface area contributed by atoms with E-state index in [9.17, 15) is 5.11 Å². The van der Waals surface area contributed by atoms with Crippen molar-refractivity contribution in [2.24, 2.45) is 0 Å². The average Bonchev–Trinajstić information content (AvgIpc) is 3.05. The molecule has 2 heteroatoms. The number of β-amino-alcohol motifs (C(OH)–C–C–N with tert-alkyl or cyclic N) is 1. The van der Waals surface area contributed by atoms with Gasteiger partial charge in [-0.05, 0) is 51.8 Å². The van der Waals surface area contributed by atoms with Crippen LogP contribution in [0.2, 0.25) is 0 Å². The highest BCUT2D eigenvalue weighted by molar-refractivity contribution is 5.76. The second-order valence-corrected chi connectivity index (χ2v) is 7.52. The van der Waals surface area contributed by atoms with Crippen molar-refractivity contribution in [3.05, 3.63) is 94.5 Å². The molecule has 0 spiro atoms. The largest absolute Gasteiger partial charge is 0.387 e. The van der Waals surface area contributed by atoms with E-state index >= 15 is 0 Å². The molecule has 0 aromatic heterocycles. The fraction of sp³-hybridized carbons (Fsp3) is 0.250. The molecule has 130 valence electrons. The molecule has 1 aliphatic carbocycles. The third-order valence-corrected chi connectivity index (χ3v) is 5.84. The van der Waals surface area contributed by atoms with Crippen LogP contribution >= 0.6 is 0 Å². The second kappa shape index (κ2) is 6.39. The number of rotatable bonds is 3. The summed E-state index contributed by atoms with van der Waals surface area (Å²) < 4.78 is 0. The number of hydrogen-bond donors (Lipinski definition) is 1. The normalized spacial score (nSPS) is 16.7. The van der Waals surface area contributed by atoms with Crippen LogP contribution in [-0.2, 0) is 19.4 Å². The predicted octanol–water partition coefficient (Wildman–Crippen LogP) is 4.35. The quantitative estimate of drug-likeness (QED) is 0.599. The summed E-state index contributed by atoms with van der Waals surface area (Å²) in [6.45, 7) is 2.65. The lowest BCUT2D eigenvalue weighted by molar-refractivity contribution is 0.106. The zero-order valence-corrected chi connectivity index (χ0v) is 14.9. The van der Waals surface area contributed by atoms with Gasteiger partial charge in [-0.1, -0.05) is 66.7 Å². The molecule has 3 aromatic carbocycles. The van der Waals surface area contributed by atoms with Crippen molar-refractivity contribution in [2.45, 2.75) is 25.5 Å². The number of nitrogens with zero attached hydrogens (tertiary/aromatic N) is 1. The van der Waals surface area contributed by atoms with Crippen LogP contribution < -0.4 is 0 Å². The molecule has 0 saturated carbocycles. The second-order valence-electron chi connectivity index (χ2n) is 7.52. The lowest BCUT2D eigenvalue weighted by Crippen LogP contribution is -2.34. The standard InChI is InChI=1S/C24H23NO/c26-24(16-25-12-11-17-5-1-2-7-20(17)15-25)19-9-10-23-21(14-19)13-18-6-3-4-8-22(18)23/h1-10,14,24,26H,11-13,15-16H2. The molecule has 0 radical (unpaired) electrons. The molecule has 0 amide bonds. The molecular weight excluding hydrogens is 318 g/mol. The van der Waals surface area contributed by atoms with E-state index in [1.807, 2.05) is 0 Å². The minimum atomic E-state index is -0.436. The van der Waals surface area contributed by atoms with Crippen molar-refractivity contribution in [3.8, 4) is 11.1 Å². The summed E-state index contributed by atoms with van der Waals surface area (Å²) in [5, 5.41) is 10.8. The molecule has 0 fully saturated rings. The Morgan fingerprint density at radius 1 is 0.808 bits per heavy atom. The van der Waals surface area contributed by atoms with Crippen molar-refractivity contribution in [1.82, 2.24) is 4.90 Å². The smallest absolute Gasteiger partial charge is 0.0917 e. The van der Waals surface area contributed by atoms with E-state index in [2.05, 4.69) is 71.6 Å². The minimum Gasteiger partial charge on any atom is -0.387 e. The lowest BCUT2D eigenvalue weighted by atomic mass is 9.98. The maximum absolute atomic E-state index is 10.8. The average molecular weight is 341 g/mol. The summed E-state index contributed by atoms with van der Waals surface area (Å²) in [6, 6.07) is 23.8. The molecule has 0 saturated heterocycles. The Hall–Kier alpha value is -2.42. The van der Waals surface area contributed by atoms with E-state index in [4.69, 9.17) is 0 Å². The Balaban J connectivity index is 1.33. The highest BCUT2D eigenvalue weighted by Crippen LogP contribution is 2.37. The third-order valence-electron chi connectivity index (χ3n) is 5.84. The Morgan fingerprint density at radius 2 is 1.54 bits per heavy atom. The van der Waals surface area contributed by atoms with Gasteiger partial charge in [-0.15, -0.1) is 0 Å². The van der Waals surface area contributed by atoms with E-state index in [1.54, 1.807) is 0 Å². The van der Waals surface area contributed by atoms with Crippen LogP contribution in [0.15, 0.2) is 66.7 Å². The summed E-state index contributed by atoms with van der Waals surface area (Å²) in [5.74, 6) is 0. The number of fused-ring (bicyclic) bond motifs is 4. The van der Waals surface area contributed by atoms with Gasteiger partial charge >= 0.3 is 0 Å². The highest BCUT2D eigenvalue weighted by atomic mass is 16.3. The Morgan fingerprint density at radius 3 is 2.42 bits per heavy atom. The van der Waals surface area contributed by atoms with Gasteiger partial charge in [0.1, 0.15) is 0 Å². The monoisotopic (exact) mass is 341 g/mol. The zero-order chi connectivity index (χ0) is 17.5. The minimum absolute atomic E-state index is 0.436. The first-order chi connectivity index (χ1) is 12.8. The van der Waals surface area contributed by atoms with Gasteiger partial charge in [0.2, 0.25) is 0 Å². The Kier molecular flexibility index (Phi) is 3.88. The fourth-order valence-electron chi connectivity index (χ4n) is 4.43. The Bertz CT molecular complexity index is 962. The van der Waals surface area contributed by atoms with Crippen LogP contribution in [0.5, 0.6) is 0 Å². The third kappa shape index (κ3) is 2.76. The van der Waals surface area contributed by atoms with Crippen LogP contribution in [0.3, 0.4) is 0 Å². The molecule has 1 unspecified atom stereocenters. The van der Waals surface area contributed by atoms with E-state index in [0.29, 0.717) is 6.54 Å². The summed E-state index contributed by atoms with van der Waals surface area (Å²) in [6.07, 6.45) is 1.61. The van der Waals surface area contributed by atoms with Gasteiger partial charge in [0.25, 0.3) is 0 Å². The summed E-state index contributed by atoms with van der Waals surface area (Å²) in [5.41, 5.74) is 9.28. The SMILES string of the molecule is OC(CN1CCc2ccccc2C1)c1ccc2c(c1)Cc1ccccc1-2. The molecular formula is C24H23NO. The number of hydrogen-bond acceptors (Lipinski definition) is 2. The van der Waals surface area contributed by atoms with Crippen LogP contribution in [0.4, 0.5) is 0 Å². The van der Waals surface area contributed by atoms with Crippen molar-refractivity contribution in [2.75, 3.05) is 13.1 Å². The van der Waals surface area contributed by atoms with Crippen LogP contribution in [-0.4, -0.2) is 23.1 Å². The highest BCUT2D eigenvalue weighted by Gasteiger charge is 2.22. The van der Waals surface area contributed by atoms with Gasteiger partial charge in [0.05, 0.1) is 6.10 Å². The summed E-state index contributed by atoms with van der Waals surface area (Å²) >= 11 is 0. The van der Waals surface area contributed by atoms with Gasteiger partial charge in [0.15, 0.2) is 0 Å². The van der Waals surface area contributed by atoms with Crippen molar-refractivity contribution >= 4 is 0 Å². The number of benzene rings is 3. The molecule has 1 aliphatic heterocycles. The lowest BCUT2D eigenvalue weighted by Gasteiger charge is -2.30. The van der Waals surface area contributed by atoms with E-state index in [1.165, 1.54) is 33.4 Å². The topological polar surface area (TPSA) is 23.5 Å². The van der Waals surface area contributed by atoms with Gasteiger partial charge in [-0.2, -0.15) is 0 Å². The molecule has 26 heavy (non-hydrogen) atoms. The molecule has 3 aromatic rings. The first-order valence-corrected chi connectivity index (χ1v) is 9.46. The van der Waals surface area contributed by atoms with Crippen LogP contribution in [0.1, 0.15) is 33.9 Å². The molecule has 2 nitrogen and oxygen atoms in total.